The summed E-state index contributed by atoms with van der Waals surface area (Å²) in [6, 6.07) is 27.0. The van der Waals surface area contributed by atoms with Crippen LogP contribution in [-0.4, -0.2) is 7.11 Å². The van der Waals surface area contributed by atoms with Crippen LogP contribution in [0.3, 0.4) is 0 Å². The van der Waals surface area contributed by atoms with Gasteiger partial charge in [0.1, 0.15) is 5.75 Å². The van der Waals surface area contributed by atoms with Crippen molar-refractivity contribution in [3.8, 4) is 5.75 Å². The lowest BCUT2D eigenvalue weighted by Crippen LogP contribution is -2.19. The molecule has 2 nitrogen and oxygen atoms in total. The van der Waals surface area contributed by atoms with Crippen LogP contribution < -0.4 is 10.1 Å². The van der Waals surface area contributed by atoms with Crippen molar-refractivity contribution in [2.45, 2.75) is 19.3 Å². The summed E-state index contributed by atoms with van der Waals surface area (Å²) in [5.41, 5.74) is 4.40. The summed E-state index contributed by atoms with van der Waals surface area (Å²) in [5, 5.41) is 3.42. The van der Waals surface area contributed by atoms with Gasteiger partial charge in [-0.3, -0.25) is 0 Å². The summed E-state index contributed by atoms with van der Waals surface area (Å²) in [6.07, 6.45) is 0. The van der Waals surface area contributed by atoms with E-state index in [4.69, 9.17) is 4.74 Å². The predicted octanol–water partition coefficient (Wildman–Crippen LogP) is 5.76. The first kappa shape index (κ1) is 16.1. The maximum atomic E-state index is 5.69. The van der Waals surface area contributed by atoms with Crippen molar-refractivity contribution in [3.63, 3.8) is 0 Å². The van der Waals surface area contributed by atoms with Crippen LogP contribution in [0.25, 0.3) is 0 Å². The van der Waals surface area contributed by atoms with Crippen molar-refractivity contribution < 1.29 is 4.74 Å². The highest BCUT2D eigenvalue weighted by Crippen LogP contribution is 2.38. The summed E-state index contributed by atoms with van der Waals surface area (Å²) < 4.78 is 5.69. The molecule has 0 spiro atoms. The van der Waals surface area contributed by atoms with Gasteiger partial charge in [0, 0.05) is 28.4 Å². The van der Waals surface area contributed by atoms with E-state index in [1.165, 1.54) is 11.1 Å². The average Bonchev–Trinajstić information content (AvgIpc) is 2.63. The molecule has 0 aromatic heterocycles. The average molecular weight is 317 g/mol. The second-order valence-electron chi connectivity index (χ2n) is 6.40. The molecule has 0 heterocycles. The van der Waals surface area contributed by atoms with E-state index >= 15 is 0 Å². The zero-order chi connectivity index (χ0) is 17.0. The van der Waals surface area contributed by atoms with Crippen LogP contribution in [0, 0.1) is 0 Å². The SMILES string of the molecule is COc1cc(Nc2ccccc2)ccc1C(C)(C)c1ccccc1. The predicted molar refractivity (Wildman–Crippen MR) is 101 cm³/mol. The highest BCUT2D eigenvalue weighted by molar-refractivity contribution is 5.63. The van der Waals surface area contributed by atoms with E-state index in [2.05, 4.69) is 61.6 Å². The molecule has 3 aromatic rings. The molecule has 0 saturated heterocycles. The number of hydrogen-bond donors (Lipinski definition) is 1. The maximum absolute atomic E-state index is 5.69. The van der Waals surface area contributed by atoms with Crippen LogP contribution in [0.1, 0.15) is 25.0 Å². The summed E-state index contributed by atoms with van der Waals surface area (Å²) in [7, 11) is 1.73. The Morgan fingerprint density at radius 1 is 0.750 bits per heavy atom. The second-order valence-corrected chi connectivity index (χ2v) is 6.40. The van der Waals surface area contributed by atoms with Gasteiger partial charge in [-0.15, -0.1) is 0 Å². The van der Waals surface area contributed by atoms with Gasteiger partial charge in [0.15, 0.2) is 0 Å². The van der Waals surface area contributed by atoms with E-state index in [9.17, 15) is 0 Å². The minimum Gasteiger partial charge on any atom is -0.496 e. The Labute approximate surface area is 144 Å². The normalized spacial score (nSPS) is 11.1. The van der Waals surface area contributed by atoms with Gasteiger partial charge in [0.05, 0.1) is 7.11 Å². The quantitative estimate of drug-likeness (QED) is 0.645. The zero-order valence-corrected chi connectivity index (χ0v) is 14.4. The van der Waals surface area contributed by atoms with Crippen molar-refractivity contribution in [3.05, 3.63) is 90.0 Å². The van der Waals surface area contributed by atoms with E-state index in [0.29, 0.717) is 0 Å². The fourth-order valence-corrected chi connectivity index (χ4v) is 2.98. The monoisotopic (exact) mass is 317 g/mol. The molecule has 3 aromatic carbocycles. The number of ether oxygens (including phenoxy) is 1. The van der Waals surface area contributed by atoms with E-state index < -0.39 is 0 Å². The lowest BCUT2D eigenvalue weighted by molar-refractivity contribution is 0.401. The molecule has 122 valence electrons. The molecular formula is C22H23NO. The number of hydrogen-bond acceptors (Lipinski definition) is 2. The molecule has 0 aliphatic rings. The maximum Gasteiger partial charge on any atom is 0.125 e. The molecule has 0 bridgehead atoms. The lowest BCUT2D eigenvalue weighted by atomic mass is 9.77. The third-order valence-electron chi connectivity index (χ3n) is 4.43. The number of benzene rings is 3. The summed E-state index contributed by atoms with van der Waals surface area (Å²) >= 11 is 0. The fourth-order valence-electron chi connectivity index (χ4n) is 2.98. The minimum absolute atomic E-state index is 0.127. The van der Waals surface area contributed by atoms with E-state index in [1.54, 1.807) is 7.11 Å². The van der Waals surface area contributed by atoms with Crippen molar-refractivity contribution in [2.24, 2.45) is 0 Å². The molecule has 0 fully saturated rings. The number of rotatable bonds is 5. The molecule has 0 atom stereocenters. The molecule has 2 heteroatoms. The highest BCUT2D eigenvalue weighted by Gasteiger charge is 2.26. The Morgan fingerprint density at radius 3 is 2.00 bits per heavy atom. The van der Waals surface area contributed by atoms with Gasteiger partial charge in [-0.25, -0.2) is 0 Å². The smallest absolute Gasteiger partial charge is 0.125 e. The molecular weight excluding hydrogens is 294 g/mol. The minimum atomic E-state index is -0.127. The first-order chi connectivity index (χ1) is 11.6. The molecule has 0 saturated carbocycles. The Kier molecular flexibility index (Phi) is 4.57. The van der Waals surface area contributed by atoms with Crippen molar-refractivity contribution in [1.82, 2.24) is 0 Å². The largest absolute Gasteiger partial charge is 0.496 e. The Balaban J connectivity index is 1.95. The Bertz CT molecular complexity index is 795. The molecule has 3 rings (SSSR count). The van der Waals surface area contributed by atoms with Crippen molar-refractivity contribution in [2.75, 3.05) is 12.4 Å². The van der Waals surface area contributed by atoms with Crippen LogP contribution >= 0.6 is 0 Å². The summed E-state index contributed by atoms with van der Waals surface area (Å²) in [6.45, 7) is 4.45. The number of nitrogens with one attached hydrogen (secondary N) is 1. The molecule has 1 N–H and O–H groups in total. The van der Waals surface area contributed by atoms with E-state index in [0.717, 1.165) is 17.1 Å². The first-order valence-corrected chi connectivity index (χ1v) is 8.17. The molecule has 0 aliphatic heterocycles. The topological polar surface area (TPSA) is 21.3 Å². The number of para-hydroxylation sites is 1. The van der Waals surface area contributed by atoms with Crippen LogP contribution in [0.4, 0.5) is 11.4 Å². The standard InChI is InChI=1S/C22H23NO/c1-22(2,17-10-6-4-7-11-17)20-15-14-19(16-21(20)24-3)23-18-12-8-5-9-13-18/h4-16,23H,1-3H3. The second kappa shape index (κ2) is 6.79. The molecule has 0 unspecified atom stereocenters. The van der Waals surface area contributed by atoms with Gasteiger partial charge in [0.2, 0.25) is 0 Å². The zero-order valence-electron chi connectivity index (χ0n) is 14.4. The lowest BCUT2D eigenvalue weighted by Gasteiger charge is -2.28. The number of methoxy groups -OCH3 is 1. The summed E-state index contributed by atoms with van der Waals surface area (Å²) in [4.78, 5) is 0. The first-order valence-electron chi connectivity index (χ1n) is 8.17. The van der Waals surface area contributed by atoms with Gasteiger partial charge in [-0.05, 0) is 23.8 Å². The van der Waals surface area contributed by atoms with Gasteiger partial charge in [-0.1, -0.05) is 68.4 Å². The fraction of sp³-hybridized carbons (Fsp3) is 0.182. The Morgan fingerprint density at radius 2 is 1.38 bits per heavy atom. The van der Waals surface area contributed by atoms with Crippen LogP contribution in [-0.2, 0) is 5.41 Å². The highest BCUT2D eigenvalue weighted by atomic mass is 16.5. The van der Waals surface area contributed by atoms with Gasteiger partial charge >= 0.3 is 0 Å². The molecule has 0 amide bonds. The van der Waals surface area contributed by atoms with E-state index in [1.807, 2.05) is 36.4 Å². The third-order valence-corrected chi connectivity index (χ3v) is 4.43. The Hall–Kier alpha value is -2.74. The van der Waals surface area contributed by atoms with Crippen LogP contribution in [0.5, 0.6) is 5.75 Å². The van der Waals surface area contributed by atoms with Gasteiger partial charge in [0.25, 0.3) is 0 Å². The van der Waals surface area contributed by atoms with Crippen molar-refractivity contribution >= 4 is 11.4 Å². The van der Waals surface area contributed by atoms with Gasteiger partial charge in [-0.2, -0.15) is 0 Å². The van der Waals surface area contributed by atoms with Crippen molar-refractivity contribution in [1.29, 1.82) is 0 Å². The summed E-state index contributed by atoms with van der Waals surface area (Å²) in [5.74, 6) is 0.893. The molecule has 0 aliphatic carbocycles. The number of anilines is 2. The molecule has 0 radical (unpaired) electrons. The van der Waals surface area contributed by atoms with Gasteiger partial charge < -0.3 is 10.1 Å². The van der Waals surface area contributed by atoms with Crippen LogP contribution in [0.2, 0.25) is 0 Å². The molecule has 24 heavy (non-hydrogen) atoms. The third kappa shape index (κ3) is 3.28. The van der Waals surface area contributed by atoms with Crippen LogP contribution in [0.15, 0.2) is 78.9 Å². The van der Waals surface area contributed by atoms with E-state index in [-0.39, 0.29) is 5.41 Å².